The molecule has 1 aliphatic rings. The van der Waals surface area contributed by atoms with Crippen LogP contribution in [0.1, 0.15) is 36.8 Å². The number of benzene rings is 2. The van der Waals surface area contributed by atoms with Crippen molar-refractivity contribution >= 4 is 0 Å². The summed E-state index contributed by atoms with van der Waals surface area (Å²) in [5, 5.41) is 0. The van der Waals surface area contributed by atoms with E-state index in [9.17, 15) is 0 Å². The van der Waals surface area contributed by atoms with E-state index in [4.69, 9.17) is 19.6 Å². The zero-order valence-electron chi connectivity index (χ0n) is 14.2. The van der Waals surface area contributed by atoms with Crippen molar-refractivity contribution in [1.82, 2.24) is 0 Å². The summed E-state index contributed by atoms with van der Waals surface area (Å²) >= 11 is 0. The van der Waals surface area contributed by atoms with Gasteiger partial charge in [-0.1, -0.05) is 35.4 Å². The molecule has 0 unspecified atom stereocenters. The molecular weight excluding hydrogens is 304 g/mol. The summed E-state index contributed by atoms with van der Waals surface area (Å²) in [6.07, 6.45) is 3.79. The first kappa shape index (κ1) is 16.8. The van der Waals surface area contributed by atoms with Crippen molar-refractivity contribution in [2.75, 3.05) is 0 Å². The normalized spacial score (nSPS) is 20.6. The van der Waals surface area contributed by atoms with Crippen molar-refractivity contribution in [3.63, 3.8) is 0 Å². The Bertz CT molecular complexity index is 556. The van der Waals surface area contributed by atoms with Crippen LogP contribution in [0.5, 0.6) is 11.5 Å². The van der Waals surface area contributed by atoms with Crippen molar-refractivity contribution in [2.45, 2.75) is 51.7 Å². The Morgan fingerprint density at radius 2 is 0.917 bits per heavy atom. The summed E-state index contributed by atoms with van der Waals surface area (Å²) in [5.41, 5.74) is 2.40. The van der Waals surface area contributed by atoms with E-state index in [1.165, 1.54) is 11.1 Å². The van der Waals surface area contributed by atoms with Crippen molar-refractivity contribution in [3.8, 4) is 11.5 Å². The summed E-state index contributed by atoms with van der Waals surface area (Å²) in [4.78, 5) is 21.9. The van der Waals surface area contributed by atoms with Gasteiger partial charge in [-0.05, 0) is 63.8 Å². The van der Waals surface area contributed by atoms with Crippen LogP contribution in [-0.4, -0.2) is 12.2 Å². The van der Waals surface area contributed by atoms with Gasteiger partial charge in [0.2, 0.25) is 0 Å². The first-order chi connectivity index (χ1) is 11.7. The third-order valence-electron chi connectivity index (χ3n) is 4.22. The van der Waals surface area contributed by atoms with Crippen LogP contribution in [0, 0.1) is 13.8 Å². The first-order valence-corrected chi connectivity index (χ1v) is 8.49. The maximum absolute atomic E-state index is 5.54. The maximum atomic E-state index is 5.54. The molecule has 128 valence electrons. The Kier molecular flexibility index (Phi) is 5.72. The minimum Gasteiger partial charge on any atom is -0.337 e. The molecule has 0 amide bonds. The maximum Gasteiger partial charge on any atom is 0.165 e. The Labute approximate surface area is 143 Å². The number of hydrogen-bond donors (Lipinski definition) is 0. The van der Waals surface area contributed by atoms with Crippen molar-refractivity contribution < 1.29 is 19.6 Å². The molecule has 0 bridgehead atoms. The van der Waals surface area contributed by atoms with Gasteiger partial charge in [0.25, 0.3) is 0 Å². The van der Waals surface area contributed by atoms with Crippen LogP contribution in [0.25, 0.3) is 0 Å². The van der Waals surface area contributed by atoms with Crippen LogP contribution in [-0.2, 0) is 9.78 Å². The highest BCUT2D eigenvalue weighted by molar-refractivity contribution is 5.26. The van der Waals surface area contributed by atoms with E-state index in [0.717, 1.165) is 37.2 Å². The lowest BCUT2D eigenvalue weighted by Crippen LogP contribution is -2.28. The minimum atomic E-state index is 0.102. The predicted molar refractivity (Wildman–Crippen MR) is 91.8 cm³/mol. The molecule has 1 fully saturated rings. The Morgan fingerprint density at radius 3 is 1.25 bits per heavy atom. The van der Waals surface area contributed by atoms with Gasteiger partial charge < -0.3 is 9.78 Å². The lowest BCUT2D eigenvalue weighted by Gasteiger charge is -2.26. The molecule has 4 heteroatoms. The molecule has 0 N–H and O–H groups in total. The van der Waals surface area contributed by atoms with Gasteiger partial charge in [-0.25, -0.2) is 0 Å². The van der Waals surface area contributed by atoms with E-state index in [0.29, 0.717) is 0 Å². The van der Waals surface area contributed by atoms with Crippen LogP contribution in [0.4, 0.5) is 0 Å². The highest BCUT2D eigenvalue weighted by Crippen LogP contribution is 2.25. The second-order valence-corrected chi connectivity index (χ2v) is 6.38. The van der Waals surface area contributed by atoms with Crippen molar-refractivity contribution in [2.24, 2.45) is 0 Å². The first-order valence-electron chi connectivity index (χ1n) is 8.49. The van der Waals surface area contributed by atoms with Crippen LogP contribution in [0.2, 0.25) is 0 Å². The van der Waals surface area contributed by atoms with Gasteiger partial charge in [0.15, 0.2) is 11.5 Å². The van der Waals surface area contributed by atoms with Gasteiger partial charge in [-0.3, -0.25) is 0 Å². The molecule has 2 aromatic carbocycles. The Hall–Kier alpha value is -2.04. The summed E-state index contributed by atoms with van der Waals surface area (Å²) in [6.45, 7) is 4.09. The van der Waals surface area contributed by atoms with E-state index in [2.05, 4.69) is 0 Å². The zero-order valence-corrected chi connectivity index (χ0v) is 14.2. The summed E-state index contributed by atoms with van der Waals surface area (Å²) in [7, 11) is 0. The van der Waals surface area contributed by atoms with Gasteiger partial charge in [0.05, 0.1) is 0 Å². The molecule has 0 spiro atoms. The fraction of sp³-hybridized carbons (Fsp3) is 0.400. The molecule has 0 saturated heterocycles. The summed E-state index contributed by atoms with van der Waals surface area (Å²) in [5.74, 6) is 1.48. The molecule has 2 aromatic rings. The average Bonchev–Trinajstić information content (AvgIpc) is 2.62. The molecule has 3 rings (SSSR count). The summed E-state index contributed by atoms with van der Waals surface area (Å²) < 4.78 is 0. The SMILES string of the molecule is Cc1ccc(OOC2CCC(OOc3ccc(C)cc3)CC2)cc1. The smallest absolute Gasteiger partial charge is 0.165 e. The minimum absolute atomic E-state index is 0.102. The average molecular weight is 328 g/mol. The molecule has 0 heterocycles. The third kappa shape index (κ3) is 4.98. The van der Waals surface area contributed by atoms with Crippen LogP contribution < -0.4 is 9.78 Å². The molecular formula is C20H24O4. The molecule has 0 aromatic heterocycles. The van der Waals surface area contributed by atoms with E-state index >= 15 is 0 Å². The number of rotatable bonds is 6. The fourth-order valence-corrected chi connectivity index (χ4v) is 2.66. The quantitative estimate of drug-likeness (QED) is 0.556. The molecule has 0 atom stereocenters. The highest BCUT2D eigenvalue weighted by atomic mass is 17.2. The monoisotopic (exact) mass is 328 g/mol. The van der Waals surface area contributed by atoms with Crippen LogP contribution >= 0.6 is 0 Å². The molecule has 1 saturated carbocycles. The molecule has 0 radical (unpaired) electrons. The fourth-order valence-electron chi connectivity index (χ4n) is 2.66. The standard InChI is InChI=1S/C20H24O4/c1-15-3-7-17(8-4-15)21-23-19-11-13-20(14-12-19)24-22-18-9-5-16(2)6-10-18/h3-10,19-20H,11-14H2,1-2H3. The van der Waals surface area contributed by atoms with Crippen molar-refractivity contribution in [1.29, 1.82) is 0 Å². The third-order valence-corrected chi connectivity index (χ3v) is 4.22. The van der Waals surface area contributed by atoms with E-state index in [1.807, 2.05) is 62.4 Å². The Balaban J connectivity index is 1.36. The van der Waals surface area contributed by atoms with E-state index in [1.54, 1.807) is 0 Å². The summed E-state index contributed by atoms with van der Waals surface area (Å²) in [6, 6.07) is 15.7. The molecule has 0 aliphatic heterocycles. The molecule has 24 heavy (non-hydrogen) atoms. The lowest BCUT2D eigenvalue weighted by atomic mass is 9.95. The lowest BCUT2D eigenvalue weighted by molar-refractivity contribution is -0.280. The molecule has 4 nitrogen and oxygen atoms in total. The largest absolute Gasteiger partial charge is 0.337 e. The van der Waals surface area contributed by atoms with E-state index in [-0.39, 0.29) is 12.2 Å². The van der Waals surface area contributed by atoms with E-state index < -0.39 is 0 Å². The second kappa shape index (κ2) is 8.18. The van der Waals surface area contributed by atoms with Gasteiger partial charge in [-0.15, -0.1) is 0 Å². The number of aryl methyl sites for hydroxylation is 2. The van der Waals surface area contributed by atoms with Crippen LogP contribution in [0.3, 0.4) is 0 Å². The van der Waals surface area contributed by atoms with Gasteiger partial charge in [-0.2, -0.15) is 9.78 Å². The second-order valence-electron chi connectivity index (χ2n) is 6.38. The van der Waals surface area contributed by atoms with Crippen LogP contribution in [0.15, 0.2) is 48.5 Å². The topological polar surface area (TPSA) is 36.9 Å². The van der Waals surface area contributed by atoms with Gasteiger partial charge in [0.1, 0.15) is 12.2 Å². The zero-order chi connectivity index (χ0) is 16.8. The number of hydrogen-bond acceptors (Lipinski definition) is 4. The molecule has 1 aliphatic carbocycles. The van der Waals surface area contributed by atoms with Gasteiger partial charge in [0, 0.05) is 0 Å². The predicted octanol–water partition coefficient (Wildman–Crippen LogP) is 4.94. The van der Waals surface area contributed by atoms with Crippen molar-refractivity contribution in [3.05, 3.63) is 59.7 Å². The van der Waals surface area contributed by atoms with Gasteiger partial charge >= 0.3 is 0 Å². The highest BCUT2D eigenvalue weighted by Gasteiger charge is 2.24. The Morgan fingerprint density at radius 1 is 0.583 bits per heavy atom.